The summed E-state index contributed by atoms with van der Waals surface area (Å²) in [5.41, 5.74) is 0. The Kier molecular flexibility index (Phi) is 9.58. The number of Topliss-reactive ketones (excluding diaryl/α,β-unsaturated/α-hetero) is 1. The minimum absolute atomic E-state index is 0.0127. The standard InChI is InChI=1S/C17H30N2O3/c1-13(2)10-15(20)11-19(6)17(22)12-18(5)9-7-8-16(21)14(3)4/h7-8,13-14H,9-12H2,1-6H3/b8-7+. The van der Waals surface area contributed by atoms with Crippen LogP contribution in [0.25, 0.3) is 0 Å². The molecule has 0 bridgehead atoms. The van der Waals surface area contributed by atoms with Crippen molar-refractivity contribution in [2.75, 3.05) is 33.7 Å². The van der Waals surface area contributed by atoms with Crippen molar-refractivity contribution in [2.45, 2.75) is 34.1 Å². The molecule has 0 aliphatic carbocycles. The number of rotatable bonds is 10. The summed E-state index contributed by atoms with van der Waals surface area (Å²) in [6, 6.07) is 0. The predicted molar refractivity (Wildman–Crippen MR) is 88.6 cm³/mol. The lowest BCUT2D eigenvalue weighted by atomic mass is 10.1. The van der Waals surface area contributed by atoms with E-state index in [0.29, 0.717) is 18.9 Å². The van der Waals surface area contributed by atoms with Crippen LogP contribution in [0.5, 0.6) is 0 Å². The van der Waals surface area contributed by atoms with Crippen molar-refractivity contribution in [2.24, 2.45) is 11.8 Å². The maximum absolute atomic E-state index is 12.0. The van der Waals surface area contributed by atoms with E-state index in [1.807, 2.05) is 39.6 Å². The number of allylic oxidation sites excluding steroid dienone is 1. The summed E-state index contributed by atoms with van der Waals surface area (Å²) in [5.74, 6) is 0.360. The number of nitrogens with zero attached hydrogens (tertiary/aromatic N) is 2. The lowest BCUT2D eigenvalue weighted by Gasteiger charge is -2.20. The van der Waals surface area contributed by atoms with E-state index in [4.69, 9.17) is 0 Å². The zero-order valence-corrected chi connectivity index (χ0v) is 14.8. The van der Waals surface area contributed by atoms with Crippen molar-refractivity contribution in [1.82, 2.24) is 9.80 Å². The third-order valence-electron chi connectivity index (χ3n) is 3.15. The average molecular weight is 310 g/mol. The molecule has 0 unspecified atom stereocenters. The van der Waals surface area contributed by atoms with E-state index in [1.54, 1.807) is 19.2 Å². The predicted octanol–water partition coefficient (Wildman–Crippen LogP) is 1.77. The van der Waals surface area contributed by atoms with Crippen LogP contribution in [0.3, 0.4) is 0 Å². The van der Waals surface area contributed by atoms with E-state index in [9.17, 15) is 14.4 Å². The van der Waals surface area contributed by atoms with Crippen LogP contribution in [0.1, 0.15) is 34.1 Å². The molecule has 0 atom stereocenters. The Morgan fingerprint density at radius 2 is 1.59 bits per heavy atom. The first-order chi connectivity index (χ1) is 10.1. The van der Waals surface area contributed by atoms with Gasteiger partial charge < -0.3 is 4.90 Å². The van der Waals surface area contributed by atoms with Crippen LogP contribution < -0.4 is 0 Å². The Morgan fingerprint density at radius 3 is 2.09 bits per heavy atom. The molecule has 1 amide bonds. The number of carbonyl (C=O) groups is 3. The molecule has 0 aromatic rings. The van der Waals surface area contributed by atoms with Gasteiger partial charge in [0.05, 0.1) is 13.1 Å². The molecule has 22 heavy (non-hydrogen) atoms. The largest absolute Gasteiger partial charge is 0.337 e. The maximum Gasteiger partial charge on any atom is 0.236 e. The van der Waals surface area contributed by atoms with Crippen LogP contribution in [0.2, 0.25) is 0 Å². The second-order valence-electron chi connectivity index (χ2n) is 6.54. The molecule has 0 saturated carbocycles. The molecule has 0 fully saturated rings. The van der Waals surface area contributed by atoms with E-state index in [0.717, 1.165) is 0 Å². The summed E-state index contributed by atoms with van der Waals surface area (Å²) in [7, 11) is 3.46. The maximum atomic E-state index is 12.0. The fourth-order valence-corrected chi connectivity index (χ4v) is 1.83. The Hall–Kier alpha value is -1.49. The molecule has 5 heteroatoms. The molecule has 0 radical (unpaired) electrons. The lowest BCUT2D eigenvalue weighted by molar-refractivity contribution is -0.134. The Bertz CT molecular complexity index is 414. The zero-order valence-electron chi connectivity index (χ0n) is 14.8. The van der Waals surface area contributed by atoms with Crippen molar-refractivity contribution < 1.29 is 14.4 Å². The first-order valence-corrected chi connectivity index (χ1v) is 7.78. The normalized spacial score (nSPS) is 11.7. The molecule has 0 N–H and O–H groups in total. The van der Waals surface area contributed by atoms with Crippen LogP contribution in [0.15, 0.2) is 12.2 Å². The first kappa shape index (κ1) is 20.5. The van der Waals surface area contributed by atoms with Gasteiger partial charge in [0, 0.05) is 25.9 Å². The molecule has 5 nitrogen and oxygen atoms in total. The molecule has 0 rings (SSSR count). The van der Waals surface area contributed by atoms with E-state index < -0.39 is 0 Å². The molecule has 0 aliphatic rings. The Balaban J connectivity index is 4.18. The van der Waals surface area contributed by atoms with Gasteiger partial charge in [-0.2, -0.15) is 0 Å². The second-order valence-corrected chi connectivity index (χ2v) is 6.54. The number of ketones is 2. The summed E-state index contributed by atoms with van der Waals surface area (Å²) in [6.07, 6.45) is 3.81. The third kappa shape index (κ3) is 9.45. The number of hydrogen-bond acceptors (Lipinski definition) is 4. The monoisotopic (exact) mass is 310 g/mol. The van der Waals surface area contributed by atoms with Crippen LogP contribution in [-0.2, 0) is 14.4 Å². The molecular weight excluding hydrogens is 280 g/mol. The number of carbonyl (C=O) groups excluding carboxylic acids is 3. The van der Waals surface area contributed by atoms with Gasteiger partial charge in [0.2, 0.25) is 5.91 Å². The summed E-state index contributed by atoms with van der Waals surface area (Å²) < 4.78 is 0. The minimum Gasteiger partial charge on any atom is -0.337 e. The van der Waals surface area contributed by atoms with Crippen LogP contribution >= 0.6 is 0 Å². The fourth-order valence-electron chi connectivity index (χ4n) is 1.83. The van der Waals surface area contributed by atoms with Crippen molar-refractivity contribution in [3.05, 3.63) is 12.2 Å². The minimum atomic E-state index is -0.0943. The van der Waals surface area contributed by atoms with Crippen molar-refractivity contribution in [3.63, 3.8) is 0 Å². The SMILES string of the molecule is CC(C)CC(=O)CN(C)C(=O)CN(C)C/C=C/C(=O)C(C)C. The van der Waals surface area contributed by atoms with Gasteiger partial charge in [-0.3, -0.25) is 19.3 Å². The molecule has 0 heterocycles. The number of likely N-dealkylation sites (N-methyl/N-ethyl adjacent to an activating group) is 2. The topological polar surface area (TPSA) is 57.7 Å². The number of hydrogen-bond donors (Lipinski definition) is 0. The highest BCUT2D eigenvalue weighted by molar-refractivity contribution is 5.91. The third-order valence-corrected chi connectivity index (χ3v) is 3.15. The van der Waals surface area contributed by atoms with E-state index in [-0.39, 0.29) is 36.5 Å². The molecule has 0 spiro atoms. The molecular formula is C17H30N2O3. The highest BCUT2D eigenvalue weighted by atomic mass is 16.2. The van der Waals surface area contributed by atoms with Crippen LogP contribution in [0, 0.1) is 11.8 Å². The van der Waals surface area contributed by atoms with Gasteiger partial charge in [-0.1, -0.05) is 33.8 Å². The van der Waals surface area contributed by atoms with Gasteiger partial charge in [0.1, 0.15) is 0 Å². The van der Waals surface area contributed by atoms with Gasteiger partial charge in [0.25, 0.3) is 0 Å². The lowest BCUT2D eigenvalue weighted by Crippen LogP contribution is -2.39. The highest BCUT2D eigenvalue weighted by Gasteiger charge is 2.15. The van der Waals surface area contributed by atoms with Gasteiger partial charge in [-0.25, -0.2) is 0 Å². The summed E-state index contributed by atoms with van der Waals surface area (Å²) >= 11 is 0. The number of amides is 1. The fraction of sp³-hybridized carbons (Fsp3) is 0.706. The Labute approximate surface area is 134 Å². The van der Waals surface area contributed by atoms with E-state index in [2.05, 4.69) is 0 Å². The van der Waals surface area contributed by atoms with Gasteiger partial charge in [-0.05, 0) is 19.0 Å². The molecule has 0 aromatic carbocycles. The van der Waals surface area contributed by atoms with Crippen molar-refractivity contribution in [1.29, 1.82) is 0 Å². The molecule has 0 saturated heterocycles. The van der Waals surface area contributed by atoms with Gasteiger partial charge >= 0.3 is 0 Å². The quantitative estimate of drug-likeness (QED) is 0.577. The van der Waals surface area contributed by atoms with Gasteiger partial charge in [0.15, 0.2) is 11.6 Å². The molecule has 0 aliphatic heterocycles. The van der Waals surface area contributed by atoms with Crippen molar-refractivity contribution in [3.8, 4) is 0 Å². The average Bonchev–Trinajstić information content (AvgIpc) is 2.36. The molecule has 0 aromatic heterocycles. The Morgan fingerprint density at radius 1 is 1.00 bits per heavy atom. The second kappa shape index (κ2) is 10.3. The first-order valence-electron chi connectivity index (χ1n) is 7.78. The van der Waals surface area contributed by atoms with Gasteiger partial charge in [-0.15, -0.1) is 0 Å². The van der Waals surface area contributed by atoms with Crippen LogP contribution in [0.4, 0.5) is 0 Å². The summed E-state index contributed by atoms with van der Waals surface area (Å²) in [4.78, 5) is 38.5. The van der Waals surface area contributed by atoms with Crippen molar-refractivity contribution >= 4 is 17.5 Å². The smallest absolute Gasteiger partial charge is 0.236 e. The zero-order chi connectivity index (χ0) is 17.3. The summed E-state index contributed by atoms with van der Waals surface area (Å²) in [6.45, 7) is 8.58. The highest BCUT2D eigenvalue weighted by Crippen LogP contribution is 2.01. The summed E-state index contributed by atoms with van der Waals surface area (Å²) in [5, 5.41) is 0. The van der Waals surface area contributed by atoms with E-state index in [1.165, 1.54) is 4.90 Å². The van der Waals surface area contributed by atoms with E-state index >= 15 is 0 Å². The van der Waals surface area contributed by atoms with Crippen LogP contribution in [-0.4, -0.2) is 61.0 Å². The molecule has 126 valence electrons.